The van der Waals surface area contributed by atoms with Crippen LogP contribution in [0.25, 0.3) is 0 Å². The van der Waals surface area contributed by atoms with Crippen molar-refractivity contribution in [3.8, 4) is 5.75 Å². The number of ether oxygens (including phenoxy) is 3. The van der Waals surface area contributed by atoms with Crippen molar-refractivity contribution in [1.82, 2.24) is 15.1 Å². The van der Waals surface area contributed by atoms with E-state index in [0.717, 1.165) is 68.6 Å². The molecule has 0 bridgehead atoms. The molecule has 9 heteroatoms. The van der Waals surface area contributed by atoms with E-state index in [1.807, 2.05) is 7.05 Å². The third-order valence-electron chi connectivity index (χ3n) is 5.67. The highest BCUT2D eigenvalue weighted by molar-refractivity contribution is 14.0. The van der Waals surface area contributed by atoms with Crippen LogP contribution in [0.1, 0.15) is 17.5 Å². The number of likely N-dealkylation sites (tertiary alicyclic amines) is 1. The largest absolute Gasteiger partial charge is 0.467 e. The van der Waals surface area contributed by atoms with Crippen molar-refractivity contribution in [2.24, 2.45) is 4.99 Å². The van der Waals surface area contributed by atoms with Crippen molar-refractivity contribution in [3.63, 3.8) is 0 Å². The van der Waals surface area contributed by atoms with Crippen LogP contribution in [-0.2, 0) is 22.5 Å². The average molecular weight is 520 g/mol. The Morgan fingerprint density at radius 3 is 2.86 bits per heavy atom. The number of rotatable bonds is 4. The highest BCUT2D eigenvalue weighted by Crippen LogP contribution is 2.29. The van der Waals surface area contributed by atoms with Gasteiger partial charge in [-0.3, -0.25) is 9.89 Å². The molecule has 0 radical (unpaired) electrons. The van der Waals surface area contributed by atoms with E-state index in [1.54, 1.807) is 6.07 Å². The molecule has 3 aliphatic rings. The minimum absolute atomic E-state index is 0. The lowest BCUT2D eigenvalue weighted by molar-refractivity contribution is -0.0172. The number of nitrogens with zero attached hydrogens (tertiary/aromatic N) is 3. The van der Waals surface area contributed by atoms with E-state index >= 15 is 0 Å². The Labute approximate surface area is 188 Å². The Bertz CT molecular complexity index is 715. The molecule has 2 saturated heterocycles. The molecule has 0 saturated carbocycles. The molecular formula is C20H30FIN4O3. The predicted molar refractivity (Wildman–Crippen MR) is 120 cm³/mol. The van der Waals surface area contributed by atoms with Gasteiger partial charge in [0.15, 0.2) is 12.8 Å². The lowest BCUT2D eigenvalue weighted by Crippen LogP contribution is -2.46. The van der Waals surface area contributed by atoms with Gasteiger partial charge in [0.05, 0.1) is 19.8 Å². The quantitative estimate of drug-likeness (QED) is 0.372. The minimum Gasteiger partial charge on any atom is -0.467 e. The Hall–Kier alpha value is -1.17. The summed E-state index contributed by atoms with van der Waals surface area (Å²) in [4.78, 5) is 9.28. The second kappa shape index (κ2) is 10.7. The Kier molecular flexibility index (Phi) is 8.34. The molecule has 1 aromatic rings. The summed E-state index contributed by atoms with van der Waals surface area (Å²) in [6, 6.07) is 3.60. The molecule has 4 rings (SSSR count). The molecule has 1 unspecified atom stereocenters. The maximum atomic E-state index is 13.9. The molecular weight excluding hydrogens is 490 g/mol. The zero-order valence-electron chi connectivity index (χ0n) is 16.9. The summed E-state index contributed by atoms with van der Waals surface area (Å²) in [5, 5.41) is 3.43. The van der Waals surface area contributed by atoms with E-state index in [1.165, 1.54) is 6.07 Å². The first kappa shape index (κ1) is 22.5. The Morgan fingerprint density at radius 1 is 1.24 bits per heavy atom. The van der Waals surface area contributed by atoms with Gasteiger partial charge >= 0.3 is 0 Å². The number of hydrogen-bond donors (Lipinski definition) is 1. The van der Waals surface area contributed by atoms with Gasteiger partial charge in [0.25, 0.3) is 0 Å². The SMILES string of the molecule is CN=C(NCCc1cc(F)cc2c1OCOC2)N1CCC(N2CCOCC2)C1.I. The van der Waals surface area contributed by atoms with Crippen molar-refractivity contribution in [3.05, 3.63) is 29.1 Å². The first-order valence-electron chi connectivity index (χ1n) is 10.0. The van der Waals surface area contributed by atoms with E-state index < -0.39 is 0 Å². The smallest absolute Gasteiger partial charge is 0.193 e. The van der Waals surface area contributed by atoms with Crippen LogP contribution in [0.5, 0.6) is 5.75 Å². The van der Waals surface area contributed by atoms with E-state index in [0.29, 0.717) is 25.6 Å². The van der Waals surface area contributed by atoms with Gasteiger partial charge < -0.3 is 24.4 Å². The summed E-state index contributed by atoms with van der Waals surface area (Å²) in [5.41, 5.74) is 1.65. The number of hydrogen-bond acceptors (Lipinski definition) is 5. The number of morpholine rings is 1. The van der Waals surface area contributed by atoms with Crippen molar-refractivity contribution in [2.45, 2.75) is 25.5 Å². The van der Waals surface area contributed by atoms with Crippen molar-refractivity contribution >= 4 is 29.9 Å². The monoisotopic (exact) mass is 520 g/mol. The third-order valence-corrected chi connectivity index (χ3v) is 5.67. The van der Waals surface area contributed by atoms with Crippen molar-refractivity contribution < 1.29 is 18.6 Å². The van der Waals surface area contributed by atoms with E-state index in [4.69, 9.17) is 14.2 Å². The lowest BCUT2D eigenvalue weighted by Gasteiger charge is -2.32. The van der Waals surface area contributed by atoms with Gasteiger partial charge in [0, 0.05) is 51.4 Å². The molecule has 1 N–H and O–H groups in total. The first-order chi connectivity index (χ1) is 13.7. The molecule has 1 aromatic carbocycles. The lowest BCUT2D eigenvalue weighted by atomic mass is 10.1. The molecule has 0 aromatic heterocycles. The molecule has 7 nitrogen and oxygen atoms in total. The van der Waals surface area contributed by atoms with Crippen molar-refractivity contribution in [2.75, 3.05) is 59.8 Å². The van der Waals surface area contributed by atoms with Gasteiger partial charge in [0.2, 0.25) is 0 Å². The van der Waals surface area contributed by atoms with Gasteiger partial charge in [-0.1, -0.05) is 0 Å². The Balaban J connectivity index is 0.00000240. The summed E-state index contributed by atoms with van der Waals surface area (Å²) in [7, 11) is 1.81. The number of halogens is 2. The molecule has 0 aliphatic carbocycles. The van der Waals surface area contributed by atoms with Crippen LogP contribution >= 0.6 is 24.0 Å². The number of nitrogens with one attached hydrogen (secondary N) is 1. The van der Waals surface area contributed by atoms with Gasteiger partial charge in [-0.25, -0.2) is 4.39 Å². The number of benzene rings is 1. The minimum atomic E-state index is -0.250. The first-order valence-corrected chi connectivity index (χ1v) is 10.0. The molecule has 3 heterocycles. The summed E-state index contributed by atoms with van der Waals surface area (Å²) in [6.07, 6.45) is 1.81. The highest BCUT2D eigenvalue weighted by atomic mass is 127. The van der Waals surface area contributed by atoms with Crippen LogP contribution in [0.15, 0.2) is 17.1 Å². The fourth-order valence-electron chi connectivity index (χ4n) is 4.26. The number of fused-ring (bicyclic) bond motifs is 1. The zero-order chi connectivity index (χ0) is 19.3. The summed E-state index contributed by atoms with van der Waals surface area (Å²) < 4.78 is 30.2. The number of guanidine groups is 1. The molecule has 2 fully saturated rings. The normalized spacial score (nSPS) is 22.6. The fourth-order valence-corrected chi connectivity index (χ4v) is 4.26. The van der Waals surface area contributed by atoms with Crippen LogP contribution in [0.3, 0.4) is 0 Å². The van der Waals surface area contributed by atoms with E-state index in [-0.39, 0.29) is 36.6 Å². The molecule has 29 heavy (non-hydrogen) atoms. The molecule has 0 spiro atoms. The summed E-state index contributed by atoms with van der Waals surface area (Å²) in [6.45, 7) is 6.95. The number of aliphatic imine (C=N–C) groups is 1. The second-order valence-corrected chi connectivity index (χ2v) is 7.42. The summed E-state index contributed by atoms with van der Waals surface area (Å²) in [5.74, 6) is 1.42. The maximum Gasteiger partial charge on any atom is 0.193 e. The van der Waals surface area contributed by atoms with Crippen LogP contribution in [-0.4, -0.2) is 81.6 Å². The molecule has 0 amide bonds. The van der Waals surface area contributed by atoms with Crippen molar-refractivity contribution in [1.29, 1.82) is 0 Å². The van der Waals surface area contributed by atoms with E-state index in [2.05, 4.69) is 20.1 Å². The van der Waals surface area contributed by atoms with Crippen LogP contribution in [0.4, 0.5) is 4.39 Å². The highest BCUT2D eigenvalue weighted by Gasteiger charge is 2.30. The van der Waals surface area contributed by atoms with Gasteiger partial charge in [0.1, 0.15) is 11.6 Å². The van der Waals surface area contributed by atoms with Crippen LogP contribution in [0.2, 0.25) is 0 Å². The average Bonchev–Trinajstić information content (AvgIpc) is 3.21. The maximum absolute atomic E-state index is 13.9. The van der Waals surface area contributed by atoms with Crippen LogP contribution < -0.4 is 10.1 Å². The predicted octanol–water partition coefficient (Wildman–Crippen LogP) is 1.83. The fraction of sp³-hybridized carbons (Fsp3) is 0.650. The topological polar surface area (TPSA) is 58.6 Å². The van der Waals surface area contributed by atoms with E-state index in [9.17, 15) is 4.39 Å². The molecule has 3 aliphatic heterocycles. The van der Waals surface area contributed by atoms with Gasteiger partial charge in [-0.2, -0.15) is 0 Å². The third kappa shape index (κ3) is 5.50. The second-order valence-electron chi connectivity index (χ2n) is 7.42. The zero-order valence-corrected chi connectivity index (χ0v) is 19.2. The van der Waals surface area contributed by atoms with Crippen LogP contribution in [0, 0.1) is 5.82 Å². The van der Waals surface area contributed by atoms with Gasteiger partial charge in [-0.15, -0.1) is 24.0 Å². The van der Waals surface area contributed by atoms with Gasteiger partial charge in [-0.05, 0) is 30.5 Å². The summed E-state index contributed by atoms with van der Waals surface area (Å²) >= 11 is 0. The molecule has 162 valence electrons. The molecule has 1 atom stereocenters. The Morgan fingerprint density at radius 2 is 2.07 bits per heavy atom. The standard InChI is InChI=1S/C20H29FN4O3.HI/c1-22-20(25-5-3-18(12-25)24-6-8-26-9-7-24)23-4-2-15-10-17(21)11-16-13-27-14-28-19(15)16;/h10-11,18H,2-9,12-14H2,1H3,(H,22,23);1H.